The van der Waals surface area contributed by atoms with Crippen LogP contribution in [0.15, 0.2) is 51.8 Å². The lowest BCUT2D eigenvalue weighted by molar-refractivity contribution is -0.121. The first-order chi connectivity index (χ1) is 16.0. The summed E-state index contributed by atoms with van der Waals surface area (Å²) in [5.74, 6) is 0.108. The predicted molar refractivity (Wildman–Crippen MR) is 122 cm³/mol. The number of nitrogens with one attached hydrogen (secondary N) is 3. The molecule has 4 rings (SSSR count). The molecular formula is C22H20ClFN6O3. The number of nitrogens with zero attached hydrogens (tertiary/aromatic N) is 3. The van der Waals surface area contributed by atoms with Gasteiger partial charge < -0.3 is 15.2 Å². The number of fused-ring (bicyclic) bond motifs is 1. The number of carbonyl (C=O) groups is 1. The van der Waals surface area contributed by atoms with Crippen molar-refractivity contribution in [3.8, 4) is 11.4 Å². The fourth-order valence-electron chi connectivity index (χ4n) is 3.22. The Morgan fingerprint density at radius 3 is 2.79 bits per heavy atom. The zero-order valence-corrected chi connectivity index (χ0v) is 18.2. The summed E-state index contributed by atoms with van der Waals surface area (Å²) in [4.78, 5) is 28.0. The molecule has 2 aromatic heterocycles. The summed E-state index contributed by atoms with van der Waals surface area (Å²) in [6.07, 6.45) is 1.03. The minimum absolute atomic E-state index is 0.0303. The number of carbonyl (C=O) groups excluding carboxylic acids is 1. The molecule has 0 spiro atoms. The number of aromatic nitrogens is 4. The van der Waals surface area contributed by atoms with Crippen molar-refractivity contribution < 1.29 is 13.7 Å². The Labute approximate surface area is 192 Å². The highest BCUT2D eigenvalue weighted by atomic mass is 35.5. The first-order valence-electron chi connectivity index (χ1n) is 10.3. The second kappa shape index (κ2) is 10.2. The summed E-state index contributed by atoms with van der Waals surface area (Å²) >= 11 is 5.77. The molecule has 9 nitrogen and oxygen atoms in total. The third-order valence-electron chi connectivity index (χ3n) is 4.89. The standard InChI is InChI=1S/C22H20ClFN6O3/c23-16-8-3-7-15(19(16)24)21-27-18(33-30-21)10-9-17(31)25-11-4-12-26-20-13-5-1-2-6-14(13)22(32)29-28-20/h1-3,5-8H,4,9-12H2,(H,25,31)(H,26,28)(H,29,32). The van der Waals surface area contributed by atoms with Gasteiger partial charge in [0, 0.05) is 31.3 Å². The molecule has 11 heteroatoms. The Kier molecular flexibility index (Phi) is 6.94. The Hall–Kier alpha value is -3.79. The predicted octanol–water partition coefficient (Wildman–Crippen LogP) is 3.32. The van der Waals surface area contributed by atoms with E-state index in [0.29, 0.717) is 30.7 Å². The first-order valence-corrected chi connectivity index (χ1v) is 10.7. The van der Waals surface area contributed by atoms with Crippen molar-refractivity contribution in [2.45, 2.75) is 19.3 Å². The normalized spacial score (nSPS) is 11.0. The molecule has 4 aromatic rings. The Balaban J connectivity index is 1.20. The third-order valence-corrected chi connectivity index (χ3v) is 5.18. The quantitative estimate of drug-likeness (QED) is 0.320. The fraction of sp³-hybridized carbons (Fsp3) is 0.227. The van der Waals surface area contributed by atoms with Crippen molar-refractivity contribution in [3.05, 3.63) is 69.5 Å². The average Bonchev–Trinajstić information content (AvgIpc) is 3.29. The Bertz CT molecular complexity index is 1340. The van der Waals surface area contributed by atoms with E-state index < -0.39 is 5.82 Å². The minimum Gasteiger partial charge on any atom is -0.368 e. The molecule has 0 aliphatic carbocycles. The maximum absolute atomic E-state index is 14.1. The third kappa shape index (κ3) is 5.35. The smallest absolute Gasteiger partial charge is 0.272 e. The van der Waals surface area contributed by atoms with Crippen LogP contribution in [0.1, 0.15) is 18.7 Å². The SMILES string of the molecule is O=C(CCc1nc(-c2cccc(Cl)c2F)no1)NCCCNc1n[nH]c(=O)c2ccccc12. The van der Waals surface area contributed by atoms with E-state index in [2.05, 4.69) is 31.0 Å². The lowest BCUT2D eigenvalue weighted by Gasteiger charge is -2.08. The Morgan fingerprint density at radius 2 is 1.94 bits per heavy atom. The lowest BCUT2D eigenvalue weighted by atomic mass is 10.2. The number of rotatable bonds is 9. The van der Waals surface area contributed by atoms with Gasteiger partial charge in [-0.3, -0.25) is 9.59 Å². The van der Waals surface area contributed by atoms with Crippen LogP contribution in [0.2, 0.25) is 5.02 Å². The van der Waals surface area contributed by atoms with Crippen LogP contribution < -0.4 is 16.2 Å². The van der Waals surface area contributed by atoms with E-state index in [-0.39, 0.29) is 46.6 Å². The van der Waals surface area contributed by atoms with E-state index in [1.54, 1.807) is 18.2 Å². The van der Waals surface area contributed by atoms with E-state index in [9.17, 15) is 14.0 Å². The monoisotopic (exact) mass is 470 g/mol. The van der Waals surface area contributed by atoms with Gasteiger partial charge in [0.1, 0.15) is 0 Å². The van der Waals surface area contributed by atoms with Gasteiger partial charge in [0.15, 0.2) is 11.6 Å². The van der Waals surface area contributed by atoms with Gasteiger partial charge in [0.2, 0.25) is 17.6 Å². The van der Waals surface area contributed by atoms with Gasteiger partial charge in [-0.05, 0) is 24.6 Å². The number of benzene rings is 2. The van der Waals surface area contributed by atoms with Gasteiger partial charge in [0.25, 0.3) is 5.56 Å². The molecular weight excluding hydrogens is 451 g/mol. The zero-order chi connectivity index (χ0) is 23.2. The molecule has 3 N–H and O–H groups in total. The van der Waals surface area contributed by atoms with Gasteiger partial charge in [-0.2, -0.15) is 10.1 Å². The second-order valence-electron chi connectivity index (χ2n) is 7.19. The van der Waals surface area contributed by atoms with Crippen molar-refractivity contribution in [2.24, 2.45) is 0 Å². The van der Waals surface area contributed by atoms with Crippen molar-refractivity contribution in [1.82, 2.24) is 25.7 Å². The molecule has 0 aliphatic heterocycles. The van der Waals surface area contributed by atoms with Crippen LogP contribution in [0.25, 0.3) is 22.2 Å². The van der Waals surface area contributed by atoms with Crippen LogP contribution in [0, 0.1) is 5.82 Å². The van der Waals surface area contributed by atoms with E-state index in [4.69, 9.17) is 16.1 Å². The molecule has 0 radical (unpaired) electrons. The van der Waals surface area contributed by atoms with Crippen LogP contribution in [0.3, 0.4) is 0 Å². The van der Waals surface area contributed by atoms with Gasteiger partial charge in [-0.1, -0.05) is 41.0 Å². The molecule has 170 valence electrons. The number of hydrogen-bond acceptors (Lipinski definition) is 7. The molecule has 0 atom stereocenters. The highest BCUT2D eigenvalue weighted by Gasteiger charge is 2.15. The topological polar surface area (TPSA) is 126 Å². The number of H-pyrrole nitrogens is 1. The summed E-state index contributed by atoms with van der Waals surface area (Å²) in [5, 5.41) is 17.5. The molecule has 33 heavy (non-hydrogen) atoms. The summed E-state index contributed by atoms with van der Waals surface area (Å²) in [6.45, 7) is 1.01. The van der Waals surface area contributed by atoms with Crippen molar-refractivity contribution in [2.75, 3.05) is 18.4 Å². The molecule has 2 heterocycles. The summed E-state index contributed by atoms with van der Waals surface area (Å²) in [5.41, 5.74) is -0.103. The number of halogens is 2. The number of hydrogen-bond donors (Lipinski definition) is 3. The number of aryl methyl sites for hydroxylation is 1. The minimum atomic E-state index is -0.622. The van der Waals surface area contributed by atoms with Crippen molar-refractivity contribution in [1.29, 1.82) is 0 Å². The highest BCUT2D eigenvalue weighted by molar-refractivity contribution is 6.31. The van der Waals surface area contributed by atoms with Gasteiger partial charge in [-0.25, -0.2) is 9.49 Å². The zero-order valence-electron chi connectivity index (χ0n) is 17.4. The average molecular weight is 471 g/mol. The molecule has 0 saturated heterocycles. The summed E-state index contributed by atoms with van der Waals surface area (Å²) in [6, 6.07) is 11.7. The molecule has 0 aliphatic rings. The molecule has 0 saturated carbocycles. The van der Waals surface area contributed by atoms with Crippen LogP contribution in [0.4, 0.5) is 10.2 Å². The number of amides is 1. The first kappa shape index (κ1) is 22.4. The van der Waals surface area contributed by atoms with E-state index in [1.165, 1.54) is 12.1 Å². The largest absolute Gasteiger partial charge is 0.368 e. The van der Waals surface area contributed by atoms with Crippen molar-refractivity contribution in [3.63, 3.8) is 0 Å². The van der Waals surface area contributed by atoms with Crippen LogP contribution in [-0.2, 0) is 11.2 Å². The molecule has 0 unspecified atom stereocenters. The highest BCUT2D eigenvalue weighted by Crippen LogP contribution is 2.25. The molecule has 0 bridgehead atoms. The van der Waals surface area contributed by atoms with Crippen LogP contribution in [-0.4, -0.2) is 39.3 Å². The maximum atomic E-state index is 14.1. The van der Waals surface area contributed by atoms with Crippen LogP contribution >= 0.6 is 11.6 Å². The maximum Gasteiger partial charge on any atom is 0.272 e. The van der Waals surface area contributed by atoms with Gasteiger partial charge >= 0.3 is 0 Å². The second-order valence-corrected chi connectivity index (χ2v) is 7.60. The molecule has 1 amide bonds. The Morgan fingerprint density at radius 1 is 1.12 bits per heavy atom. The van der Waals surface area contributed by atoms with Crippen molar-refractivity contribution >= 4 is 34.1 Å². The van der Waals surface area contributed by atoms with Gasteiger partial charge in [0.05, 0.1) is 16.0 Å². The summed E-state index contributed by atoms with van der Waals surface area (Å²) < 4.78 is 19.2. The number of aromatic amines is 1. The summed E-state index contributed by atoms with van der Waals surface area (Å²) in [7, 11) is 0. The lowest BCUT2D eigenvalue weighted by Crippen LogP contribution is -2.26. The van der Waals surface area contributed by atoms with Crippen LogP contribution in [0.5, 0.6) is 0 Å². The molecule has 2 aromatic carbocycles. The van der Waals surface area contributed by atoms with Gasteiger partial charge in [-0.15, -0.1) is 0 Å². The fourth-order valence-corrected chi connectivity index (χ4v) is 3.40. The molecule has 0 fully saturated rings. The van der Waals surface area contributed by atoms with E-state index in [1.807, 2.05) is 12.1 Å². The van der Waals surface area contributed by atoms with E-state index in [0.717, 1.165) is 5.39 Å². The number of anilines is 1. The van der Waals surface area contributed by atoms with E-state index >= 15 is 0 Å².